The lowest BCUT2D eigenvalue weighted by Gasteiger charge is -2.21. The van der Waals surface area contributed by atoms with Gasteiger partial charge in [-0.05, 0) is 13.1 Å². The number of aromatic nitrogens is 3. The van der Waals surface area contributed by atoms with E-state index in [-0.39, 0.29) is 0 Å². The van der Waals surface area contributed by atoms with Crippen molar-refractivity contribution in [2.75, 3.05) is 26.2 Å². The summed E-state index contributed by atoms with van der Waals surface area (Å²) in [6.07, 6.45) is -2.40. The second-order valence-electron chi connectivity index (χ2n) is 4.24. The van der Waals surface area contributed by atoms with Gasteiger partial charge in [-0.1, -0.05) is 19.1 Å². The van der Waals surface area contributed by atoms with Gasteiger partial charge in [0.2, 0.25) is 0 Å². The van der Waals surface area contributed by atoms with Crippen molar-refractivity contribution >= 4 is 0 Å². The van der Waals surface area contributed by atoms with Crippen LogP contribution < -0.4 is 5.32 Å². The largest absolute Gasteiger partial charge is 0.401 e. The highest BCUT2D eigenvalue weighted by atomic mass is 19.4. The highest BCUT2D eigenvalue weighted by Gasteiger charge is 2.29. The quantitative estimate of drug-likeness (QED) is 0.778. The van der Waals surface area contributed by atoms with Crippen LogP contribution in [0.5, 0.6) is 0 Å². The van der Waals surface area contributed by atoms with Gasteiger partial charge in [0.1, 0.15) is 0 Å². The molecule has 1 aromatic rings. The highest BCUT2D eigenvalue weighted by molar-refractivity contribution is 4.91. The van der Waals surface area contributed by atoms with Crippen molar-refractivity contribution < 1.29 is 13.2 Å². The molecule has 0 fully saturated rings. The summed E-state index contributed by atoms with van der Waals surface area (Å²) in [6.45, 7) is 5.34. The minimum Gasteiger partial charge on any atom is -0.311 e. The Balaban J connectivity index is 2.39. The third-order valence-electron chi connectivity index (χ3n) is 2.64. The van der Waals surface area contributed by atoms with E-state index in [2.05, 4.69) is 15.6 Å². The summed E-state index contributed by atoms with van der Waals surface area (Å²) in [5.41, 5.74) is 0.792. The Hall–Kier alpha value is -1.15. The van der Waals surface area contributed by atoms with Gasteiger partial charge in [-0.15, -0.1) is 5.10 Å². The minimum absolute atomic E-state index is 0.306. The molecule has 1 heterocycles. The summed E-state index contributed by atoms with van der Waals surface area (Å²) in [7, 11) is 0. The minimum atomic E-state index is -4.16. The van der Waals surface area contributed by atoms with E-state index in [1.165, 1.54) is 4.90 Å². The summed E-state index contributed by atoms with van der Waals surface area (Å²) in [6, 6.07) is 0. The second-order valence-corrected chi connectivity index (χ2v) is 4.24. The zero-order valence-corrected chi connectivity index (χ0v) is 11.2. The van der Waals surface area contributed by atoms with E-state index >= 15 is 0 Å². The summed E-state index contributed by atoms with van der Waals surface area (Å²) >= 11 is 0. The Morgan fingerprint density at radius 3 is 2.68 bits per heavy atom. The van der Waals surface area contributed by atoms with Crippen LogP contribution in [0.2, 0.25) is 0 Å². The molecule has 0 aliphatic rings. The predicted octanol–water partition coefficient (Wildman–Crippen LogP) is 1.27. The first-order chi connectivity index (χ1) is 8.94. The van der Waals surface area contributed by atoms with Crippen molar-refractivity contribution in [2.45, 2.75) is 33.1 Å². The zero-order valence-electron chi connectivity index (χ0n) is 11.2. The molecule has 0 radical (unpaired) electrons. The third-order valence-corrected chi connectivity index (χ3v) is 2.64. The SMILES string of the molecule is CCNCc1cn(CCN(CC)CC(F)(F)F)nn1. The van der Waals surface area contributed by atoms with Crippen LogP contribution >= 0.6 is 0 Å². The topological polar surface area (TPSA) is 46.0 Å². The average Bonchev–Trinajstić information content (AvgIpc) is 2.78. The van der Waals surface area contributed by atoms with Gasteiger partial charge >= 0.3 is 6.18 Å². The third kappa shape index (κ3) is 6.53. The first kappa shape index (κ1) is 15.9. The van der Waals surface area contributed by atoms with Crippen LogP contribution in [0.1, 0.15) is 19.5 Å². The molecule has 8 heteroatoms. The van der Waals surface area contributed by atoms with Gasteiger partial charge in [-0.2, -0.15) is 13.2 Å². The molecule has 0 amide bonds. The highest BCUT2D eigenvalue weighted by Crippen LogP contribution is 2.16. The van der Waals surface area contributed by atoms with Gasteiger partial charge in [-0.25, -0.2) is 0 Å². The summed E-state index contributed by atoms with van der Waals surface area (Å²) in [5.74, 6) is 0. The fourth-order valence-electron chi connectivity index (χ4n) is 1.63. The molecule has 0 aliphatic carbocycles. The van der Waals surface area contributed by atoms with Gasteiger partial charge in [0.05, 0.1) is 18.8 Å². The molecule has 19 heavy (non-hydrogen) atoms. The molecule has 5 nitrogen and oxygen atoms in total. The normalized spacial score (nSPS) is 12.3. The number of likely N-dealkylation sites (N-methyl/N-ethyl adjacent to an activating group) is 1. The Labute approximate surface area is 110 Å². The fraction of sp³-hybridized carbons (Fsp3) is 0.818. The van der Waals surface area contributed by atoms with Crippen LogP contribution in [-0.2, 0) is 13.1 Å². The number of nitrogens with zero attached hydrogens (tertiary/aromatic N) is 4. The maximum atomic E-state index is 12.3. The number of rotatable bonds is 8. The molecule has 110 valence electrons. The van der Waals surface area contributed by atoms with Gasteiger partial charge in [0.25, 0.3) is 0 Å². The Bertz CT molecular complexity index is 363. The van der Waals surface area contributed by atoms with Crippen LogP contribution in [0, 0.1) is 0 Å². The van der Waals surface area contributed by atoms with Crippen molar-refractivity contribution in [2.24, 2.45) is 0 Å². The standard InChI is InChI=1S/C11H20F3N5/c1-3-15-7-10-8-19(17-16-10)6-5-18(4-2)9-11(12,13)14/h8,15H,3-7,9H2,1-2H3. The van der Waals surface area contributed by atoms with Crippen molar-refractivity contribution in [3.05, 3.63) is 11.9 Å². The van der Waals surface area contributed by atoms with E-state index in [9.17, 15) is 13.2 Å². The monoisotopic (exact) mass is 279 g/mol. The smallest absolute Gasteiger partial charge is 0.311 e. The second kappa shape index (κ2) is 7.44. The lowest BCUT2D eigenvalue weighted by molar-refractivity contribution is -0.145. The van der Waals surface area contributed by atoms with E-state index < -0.39 is 12.7 Å². The summed E-state index contributed by atoms with van der Waals surface area (Å²) < 4.78 is 38.4. The molecule has 0 saturated carbocycles. The van der Waals surface area contributed by atoms with E-state index in [1.54, 1.807) is 17.8 Å². The number of halogens is 3. The Morgan fingerprint density at radius 1 is 1.37 bits per heavy atom. The lowest BCUT2D eigenvalue weighted by Crippen LogP contribution is -2.36. The fourth-order valence-corrected chi connectivity index (χ4v) is 1.63. The van der Waals surface area contributed by atoms with Crippen molar-refractivity contribution in [3.8, 4) is 0 Å². The van der Waals surface area contributed by atoms with Gasteiger partial charge in [-0.3, -0.25) is 9.58 Å². The van der Waals surface area contributed by atoms with Crippen LogP contribution in [-0.4, -0.2) is 52.2 Å². The van der Waals surface area contributed by atoms with Gasteiger partial charge in [0.15, 0.2) is 0 Å². The van der Waals surface area contributed by atoms with Crippen molar-refractivity contribution in [1.82, 2.24) is 25.2 Å². The predicted molar refractivity (Wildman–Crippen MR) is 65.6 cm³/mol. The van der Waals surface area contributed by atoms with Crippen LogP contribution in [0.3, 0.4) is 0 Å². The number of hydrogen-bond donors (Lipinski definition) is 1. The molecule has 0 aromatic carbocycles. The van der Waals surface area contributed by atoms with Gasteiger partial charge < -0.3 is 5.32 Å². The molecule has 0 unspecified atom stereocenters. The molecule has 0 bridgehead atoms. The van der Waals surface area contributed by atoms with Crippen LogP contribution in [0.15, 0.2) is 6.20 Å². The Morgan fingerprint density at radius 2 is 2.11 bits per heavy atom. The van der Waals surface area contributed by atoms with Crippen molar-refractivity contribution in [1.29, 1.82) is 0 Å². The summed E-state index contributed by atoms with van der Waals surface area (Å²) in [5, 5.41) is 10.9. The molecule has 1 aromatic heterocycles. The van der Waals surface area contributed by atoms with Crippen LogP contribution in [0.25, 0.3) is 0 Å². The lowest BCUT2D eigenvalue weighted by atomic mass is 10.4. The molecule has 1 N–H and O–H groups in total. The molecule has 0 saturated heterocycles. The van der Waals surface area contributed by atoms with Gasteiger partial charge in [0, 0.05) is 19.3 Å². The van der Waals surface area contributed by atoms with E-state index in [0.717, 1.165) is 12.2 Å². The molecule has 1 rings (SSSR count). The Kier molecular flexibility index (Phi) is 6.23. The van der Waals surface area contributed by atoms with E-state index in [1.807, 2.05) is 6.92 Å². The van der Waals surface area contributed by atoms with E-state index in [0.29, 0.717) is 26.2 Å². The molecular formula is C11H20F3N5. The number of alkyl halides is 3. The van der Waals surface area contributed by atoms with E-state index in [4.69, 9.17) is 0 Å². The van der Waals surface area contributed by atoms with Crippen molar-refractivity contribution in [3.63, 3.8) is 0 Å². The first-order valence-electron chi connectivity index (χ1n) is 6.33. The average molecular weight is 279 g/mol. The zero-order chi connectivity index (χ0) is 14.3. The molecular weight excluding hydrogens is 259 g/mol. The maximum absolute atomic E-state index is 12.3. The first-order valence-corrected chi connectivity index (χ1v) is 6.33. The maximum Gasteiger partial charge on any atom is 0.401 e. The van der Waals surface area contributed by atoms with Crippen LogP contribution in [0.4, 0.5) is 13.2 Å². The molecule has 0 atom stereocenters. The number of nitrogens with one attached hydrogen (secondary N) is 1. The molecule has 0 aliphatic heterocycles. The number of hydrogen-bond acceptors (Lipinski definition) is 4. The molecule has 0 spiro atoms. The summed E-state index contributed by atoms with van der Waals surface area (Å²) in [4.78, 5) is 1.34.